The molecule has 3 aromatic carbocycles. The van der Waals surface area contributed by atoms with Crippen LogP contribution in [0.4, 0.5) is 11.4 Å². The average molecular weight is 534 g/mol. The highest BCUT2D eigenvalue weighted by atomic mass is 32.2. The molecule has 9 nitrogen and oxygen atoms in total. The number of amides is 2. The van der Waals surface area contributed by atoms with Gasteiger partial charge in [0.05, 0.1) is 31.6 Å². The topological polar surface area (TPSA) is 98.7 Å². The molecule has 5 rings (SSSR count). The van der Waals surface area contributed by atoms with Gasteiger partial charge in [-0.2, -0.15) is 0 Å². The largest absolute Gasteiger partial charge is 0.495 e. The van der Waals surface area contributed by atoms with Crippen LogP contribution in [0.2, 0.25) is 0 Å². The fraction of sp³-hybridized carbons (Fsp3) is 0.250. The first-order chi connectivity index (χ1) is 18.5. The minimum atomic E-state index is -0.665. The second kappa shape index (κ2) is 11.5. The first kappa shape index (κ1) is 25.5. The lowest BCUT2D eigenvalue weighted by molar-refractivity contribution is -0.129. The maximum absolute atomic E-state index is 13.4. The summed E-state index contributed by atoms with van der Waals surface area (Å²) in [7, 11) is 1.54. The number of ether oxygens (including phenoxy) is 4. The fourth-order valence-corrected chi connectivity index (χ4v) is 5.17. The van der Waals surface area contributed by atoms with E-state index in [9.17, 15) is 9.59 Å². The summed E-state index contributed by atoms with van der Waals surface area (Å²) in [6.45, 7) is 2.93. The molecule has 38 heavy (non-hydrogen) atoms. The van der Waals surface area contributed by atoms with Gasteiger partial charge in [0.1, 0.15) is 16.7 Å². The van der Waals surface area contributed by atoms with Gasteiger partial charge < -0.3 is 24.3 Å². The molecule has 0 spiro atoms. The number of carbonyl (C=O) groups is 2. The zero-order valence-corrected chi connectivity index (χ0v) is 21.8. The van der Waals surface area contributed by atoms with Crippen LogP contribution >= 0.6 is 11.8 Å². The standard InChI is InChI=1S/C28H27N3O6S/c1-3-35-20-11-9-19(10-12-20)29-28-31(16-18-8-13-23-24(14-18)37-17-36-23)26(32)15-25(38-28)27(33)30-21-6-4-5-7-22(21)34-2/h4-14,25H,3,15-17H2,1-2H3,(H,30,33). The Labute approximate surface area is 224 Å². The van der Waals surface area contributed by atoms with Crippen LogP contribution in [0.15, 0.2) is 71.7 Å². The average Bonchev–Trinajstić information content (AvgIpc) is 3.40. The maximum atomic E-state index is 13.4. The van der Waals surface area contributed by atoms with E-state index >= 15 is 0 Å². The van der Waals surface area contributed by atoms with E-state index in [-0.39, 0.29) is 31.6 Å². The summed E-state index contributed by atoms with van der Waals surface area (Å²) < 4.78 is 21.8. The van der Waals surface area contributed by atoms with Crippen LogP contribution in [0.5, 0.6) is 23.0 Å². The molecule has 1 N–H and O–H groups in total. The van der Waals surface area contributed by atoms with E-state index in [1.165, 1.54) is 11.8 Å². The number of thioether (sulfide) groups is 1. The molecule has 1 fully saturated rings. The number of nitrogens with one attached hydrogen (secondary N) is 1. The Morgan fingerprint density at radius 2 is 1.89 bits per heavy atom. The van der Waals surface area contributed by atoms with Gasteiger partial charge in [-0.25, -0.2) is 4.99 Å². The van der Waals surface area contributed by atoms with E-state index in [4.69, 9.17) is 23.9 Å². The summed E-state index contributed by atoms with van der Waals surface area (Å²) in [5.41, 5.74) is 2.05. The number of para-hydroxylation sites is 2. The minimum absolute atomic E-state index is 0.0263. The van der Waals surface area contributed by atoms with E-state index in [0.29, 0.717) is 40.4 Å². The molecule has 196 valence electrons. The number of fused-ring (bicyclic) bond motifs is 1. The molecule has 1 atom stereocenters. The Morgan fingerprint density at radius 3 is 2.68 bits per heavy atom. The van der Waals surface area contributed by atoms with Crippen molar-refractivity contribution in [3.8, 4) is 23.0 Å². The Morgan fingerprint density at radius 1 is 1.11 bits per heavy atom. The highest BCUT2D eigenvalue weighted by molar-refractivity contribution is 8.15. The highest BCUT2D eigenvalue weighted by Crippen LogP contribution is 2.35. The van der Waals surface area contributed by atoms with Crippen molar-refractivity contribution in [3.05, 3.63) is 72.3 Å². The maximum Gasteiger partial charge on any atom is 0.238 e. The molecule has 3 aromatic rings. The normalized spacial score (nSPS) is 17.4. The monoisotopic (exact) mass is 533 g/mol. The quantitative estimate of drug-likeness (QED) is 0.436. The Bertz CT molecular complexity index is 1360. The minimum Gasteiger partial charge on any atom is -0.495 e. The predicted octanol–water partition coefficient (Wildman–Crippen LogP) is 4.98. The Balaban J connectivity index is 1.41. The third-order valence-electron chi connectivity index (χ3n) is 5.95. The molecule has 10 heteroatoms. The molecule has 0 aliphatic carbocycles. The van der Waals surface area contributed by atoms with Crippen LogP contribution in [0.25, 0.3) is 0 Å². The van der Waals surface area contributed by atoms with E-state index in [1.807, 2.05) is 61.5 Å². The summed E-state index contributed by atoms with van der Waals surface area (Å²) >= 11 is 1.25. The first-order valence-electron chi connectivity index (χ1n) is 12.1. The van der Waals surface area contributed by atoms with E-state index in [0.717, 1.165) is 11.3 Å². The summed E-state index contributed by atoms with van der Waals surface area (Å²) in [6.07, 6.45) is 0.0263. The number of aliphatic imine (C=N–C) groups is 1. The second-order valence-electron chi connectivity index (χ2n) is 8.49. The molecule has 2 aliphatic heterocycles. The van der Waals surface area contributed by atoms with Crippen molar-refractivity contribution in [2.24, 2.45) is 4.99 Å². The Kier molecular flexibility index (Phi) is 7.69. The number of methoxy groups -OCH3 is 1. The molecule has 2 aliphatic rings. The molecule has 0 saturated carbocycles. The van der Waals surface area contributed by atoms with Gasteiger partial charge in [-0.1, -0.05) is 30.0 Å². The lowest BCUT2D eigenvalue weighted by Gasteiger charge is -2.32. The number of rotatable bonds is 8. The van der Waals surface area contributed by atoms with Crippen LogP contribution < -0.4 is 24.3 Å². The molecule has 0 bridgehead atoms. The van der Waals surface area contributed by atoms with Crippen LogP contribution in [-0.4, -0.2) is 47.6 Å². The highest BCUT2D eigenvalue weighted by Gasteiger charge is 2.36. The van der Waals surface area contributed by atoms with Crippen molar-refractivity contribution in [1.29, 1.82) is 0 Å². The molecular formula is C28H27N3O6S. The summed E-state index contributed by atoms with van der Waals surface area (Å²) in [4.78, 5) is 33.0. The lowest BCUT2D eigenvalue weighted by atomic mass is 10.1. The van der Waals surface area contributed by atoms with Crippen molar-refractivity contribution in [1.82, 2.24) is 4.90 Å². The number of benzene rings is 3. The molecule has 2 amide bonds. The van der Waals surface area contributed by atoms with Crippen LogP contribution in [0.3, 0.4) is 0 Å². The van der Waals surface area contributed by atoms with Crippen LogP contribution in [0.1, 0.15) is 18.9 Å². The van der Waals surface area contributed by atoms with Gasteiger partial charge in [-0.15, -0.1) is 0 Å². The third kappa shape index (κ3) is 5.70. The summed E-state index contributed by atoms with van der Waals surface area (Å²) in [6, 6.07) is 20.0. The number of carbonyl (C=O) groups excluding carboxylic acids is 2. The summed E-state index contributed by atoms with van der Waals surface area (Å²) in [5.74, 6) is 2.08. The van der Waals surface area contributed by atoms with E-state index in [1.54, 1.807) is 24.1 Å². The van der Waals surface area contributed by atoms with E-state index < -0.39 is 5.25 Å². The third-order valence-corrected chi connectivity index (χ3v) is 7.13. The van der Waals surface area contributed by atoms with Crippen molar-refractivity contribution in [3.63, 3.8) is 0 Å². The summed E-state index contributed by atoms with van der Waals surface area (Å²) in [5, 5.41) is 2.66. The second-order valence-corrected chi connectivity index (χ2v) is 9.66. The molecule has 2 heterocycles. The zero-order chi connectivity index (χ0) is 26.5. The van der Waals surface area contributed by atoms with Gasteiger partial charge >= 0.3 is 0 Å². The van der Waals surface area contributed by atoms with Gasteiger partial charge in [0.25, 0.3) is 0 Å². The molecular weight excluding hydrogens is 506 g/mol. The number of nitrogens with zero attached hydrogens (tertiary/aromatic N) is 2. The van der Waals surface area contributed by atoms with Gasteiger partial charge in [-0.3, -0.25) is 14.5 Å². The molecule has 0 aromatic heterocycles. The Hall–Kier alpha value is -4.18. The van der Waals surface area contributed by atoms with Gasteiger partial charge in [0.15, 0.2) is 16.7 Å². The number of amidine groups is 1. The number of anilines is 1. The van der Waals surface area contributed by atoms with Gasteiger partial charge in [-0.05, 0) is 61.0 Å². The molecule has 0 radical (unpaired) electrons. The van der Waals surface area contributed by atoms with Crippen molar-refractivity contribution < 1.29 is 28.5 Å². The van der Waals surface area contributed by atoms with Crippen LogP contribution in [0, 0.1) is 0 Å². The first-order valence-corrected chi connectivity index (χ1v) is 13.0. The molecule has 1 saturated heterocycles. The predicted molar refractivity (Wildman–Crippen MR) is 145 cm³/mol. The zero-order valence-electron chi connectivity index (χ0n) is 21.0. The smallest absolute Gasteiger partial charge is 0.238 e. The van der Waals surface area contributed by atoms with Crippen LogP contribution in [-0.2, 0) is 16.1 Å². The van der Waals surface area contributed by atoms with Crippen molar-refractivity contribution >= 4 is 40.1 Å². The van der Waals surface area contributed by atoms with Gasteiger partial charge in [0, 0.05) is 6.42 Å². The lowest BCUT2D eigenvalue weighted by Crippen LogP contribution is -2.44. The molecule has 1 unspecified atom stereocenters. The fourth-order valence-electron chi connectivity index (χ4n) is 4.07. The van der Waals surface area contributed by atoms with Gasteiger partial charge in [0.2, 0.25) is 18.6 Å². The SMILES string of the molecule is CCOc1ccc(N=C2SC(C(=O)Nc3ccccc3OC)CC(=O)N2Cc2ccc3c(c2)OCO3)cc1. The number of hydrogen-bond acceptors (Lipinski definition) is 8. The van der Waals surface area contributed by atoms with E-state index in [2.05, 4.69) is 5.32 Å². The number of hydrogen-bond donors (Lipinski definition) is 1. The van der Waals surface area contributed by atoms with Crippen molar-refractivity contribution in [2.75, 3.05) is 25.8 Å². The van der Waals surface area contributed by atoms with Crippen molar-refractivity contribution in [2.45, 2.75) is 25.1 Å².